The topological polar surface area (TPSA) is 30.9 Å². The summed E-state index contributed by atoms with van der Waals surface area (Å²) in [4.78, 5) is 0. The van der Waals surface area contributed by atoms with Gasteiger partial charge in [0.1, 0.15) is 0 Å². The summed E-state index contributed by atoms with van der Waals surface area (Å²) in [6.07, 6.45) is 0. The molecule has 2 nitrogen and oxygen atoms in total. The van der Waals surface area contributed by atoms with Crippen LogP contribution < -0.4 is 5.73 Å². The lowest BCUT2D eigenvalue weighted by atomic mass is 10.2. The van der Waals surface area contributed by atoms with Gasteiger partial charge in [-0.15, -0.1) is 0 Å². The van der Waals surface area contributed by atoms with E-state index in [0.717, 1.165) is 27.3 Å². The van der Waals surface area contributed by atoms with Crippen LogP contribution in [0.3, 0.4) is 0 Å². The van der Waals surface area contributed by atoms with Gasteiger partial charge in [0, 0.05) is 33.8 Å². The Morgan fingerprint density at radius 1 is 1.10 bits per heavy atom. The molecule has 3 aromatic rings. The second kappa shape index (κ2) is 5.60. The van der Waals surface area contributed by atoms with Crippen molar-refractivity contribution in [2.45, 2.75) is 13.1 Å². The lowest BCUT2D eigenvalue weighted by Gasteiger charge is -2.11. The first kappa shape index (κ1) is 13.7. The van der Waals surface area contributed by atoms with Crippen LogP contribution in [0.2, 0.25) is 5.02 Å². The minimum atomic E-state index is 0.517. The number of benzene rings is 2. The first-order valence-corrected chi connectivity index (χ1v) is 7.57. The van der Waals surface area contributed by atoms with E-state index in [0.29, 0.717) is 6.54 Å². The summed E-state index contributed by atoms with van der Waals surface area (Å²) in [6, 6.07) is 16.4. The van der Waals surface area contributed by atoms with Gasteiger partial charge in [-0.2, -0.15) is 0 Å². The fourth-order valence-electron chi connectivity index (χ4n) is 2.44. The maximum Gasteiger partial charge on any atom is 0.0494 e. The molecule has 0 saturated carbocycles. The summed E-state index contributed by atoms with van der Waals surface area (Å²) in [7, 11) is 0. The molecule has 0 aliphatic heterocycles. The number of halogens is 2. The third-order valence-electron chi connectivity index (χ3n) is 3.45. The molecule has 0 fully saturated rings. The van der Waals surface area contributed by atoms with E-state index in [1.165, 1.54) is 10.9 Å². The third-order valence-corrected chi connectivity index (χ3v) is 4.29. The van der Waals surface area contributed by atoms with Crippen LogP contribution in [0, 0.1) is 0 Å². The first-order valence-electron chi connectivity index (χ1n) is 6.40. The molecule has 0 amide bonds. The van der Waals surface area contributed by atoms with Gasteiger partial charge in [-0.3, -0.25) is 0 Å². The van der Waals surface area contributed by atoms with Crippen molar-refractivity contribution >= 4 is 38.4 Å². The van der Waals surface area contributed by atoms with E-state index in [4.69, 9.17) is 17.3 Å². The number of aromatic nitrogens is 1. The van der Waals surface area contributed by atoms with Crippen molar-refractivity contribution in [1.29, 1.82) is 0 Å². The van der Waals surface area contributed by atoms with Crippen LogP contribution in [-0.2, 0) is 13.1 Å². The Morgan fingerprint density at radius 2 is 1.90 bits per heavy atom. The third kappa shape index (κ3) is 2.49. The van der Waals surface area contributed by atoms with E-state index in [-0.39, 0.29) is 0 Å². The highest BCUT2D eigenvalue weighted by Gasteiger charge is 2.09. The summed E-state index contributed by atoms with van der Waals surface area (Å²) >= 11 is 9.75. The molecule has 0 saturated heterocycles. The average molecular weight is 350 g/mol. The number of nitrogens with zero attached hydrogens (tertiary/aromatic N) is 1. The number of para-hydroxylation sites is 1. The van der Waals surface area contributed by atoms with Crippen molar-refractivity contribution in [3.05, 3.63) is 69.3 Å². The second-order valence-corrected chi connectivity index (χ2v) is 6.04. The minimum absolute atomic E-state index is 0.517. The highest BCUT2D eigenvalue weighted by molar-refractivity contribution is 9.10. The van der Waals surface area contributed by atoms with Crippen molar-refractivity contribution in [3.63, 3.8) is 0 Å². The Hall–Kier alpha value is -1.29. The molecule has 1 aromatic heterocycles. The molecule has 0 unspecified atom stereocenters. The van der Waals surface area contributed by atoms with Crippen LogP contribution in [0.15, 0.2) is 53.0 Å². The van der Waals surface area contributed by atoms with Crippen molar-refractivity contribution in [2.75, 3.05) is 0 Å². The van der Waals surface area contributed by atoms with Crippen LogP contribution >= 0.6 is 27.5 Å². The largest absolute Gasteiger partial charge is 0.339 e. The zero-order valence-electron chi connectivity index (χ0n) is 10.8. The average Bonchev–Trinajstić information content (AvgIpc) is 2.80. The van der Waals surface area contributed by atoms with Crippen LogP contribution in [0.5, 0.6) is 0 Å². The van der Waals surface area contributed by atoms with Gasteiger partial charge in [0.05, 0.1) is 0 Å². The minimum Gasteiger partial charge on any atom is -0.339 e. The maximum atomic E-state index is 6.32. The Balaban J connectivity index is 2.09. The van der Waals surface area contributed by atoms with E-state index in [9.17, 15) is 0 Å². The molecular formula is C16H14BrClN2. The maximum absolute atomic E-state index is 6.32. The molecule has 3 rings (SSSR count). The van der Waals surface area contributed by atoms with Gasteiger partial charge < -0.3 is 10.3 Å². The SMILES string of the molecule is NCc1cc2ccccc2n1Cc1ccc(Br)cc1Cl. The summed E-state index contributed by atoms with van der Waals surface area (Å²) in [5.74, 6) is 0. The fraction of sp³-hybridized carbons (Fsp3) is 0.125. The van der Waals surface area contributed by atoms with Crippen molar-refractivity contribution in [2.24, 2.45) is 5.73 Å². The molecule has 0 aliphatic carbocycles. The number of rotatable bonds is 3. The number of hydrogen-bond donors (Lipinski definition) is 1. The Morgan fingerprint density at radius 3 is 2.65 bits per heavy atom. The Bertz CT molecular complexity index is 764. The van der Waals surface area contributed by atoms with Gasteiger partial charge in [-0.1, -0.05) is 51.8 Å². The molecule has 0 atom stereocenters. The predicted octanol–water partition coefficient (Wildman–Crippen LogP) is 4.56. The van der Waals surface area contributed by atoms with E-state index < -0.39 is 0 Å². The standard InChI is InChI=1S/C16H14BrClN2/c17-13-6-5-12(15(18)8-13)10-20-14(9-19)7-11-3-1-2-4-16(11)20/h1-8H,9-10,19H2. The molecule has 0 spiro atoms. The molecule has 2 N–H and O–H groups in total. The molecule has 2 aromatic carbocycles. The zero-order valence-corrected chi connectivity index (χ0v) is 13.2. The van der Waals surface area contributed by atoms with Gasteiger partial charge >= 0.3 is 0 Å². The predicted molar refractivity (Wildman–Crippen MR) is 88.1 cm³/mol. The second-order valence-electron chi connectivity index (χ2n) is 4.72. The fourth-order valence-corrected chi connectivity index (χ4v) is 3.18. The molecule has 102 valence electrons. The lowest BCUT2D eigenvalue weighted by molar-refractivity contribution is 0.768. The van der Waals surface area contributed by atoms with Crippen LogP contribution in [0.4, 0.5) is 0 Å². The highest BCUT2D eigenvalue weighted by atomic mass is 79.9. The van der Waals surface area contributed by atoms with Crippen molar-refractivity contribution in [1.82, 2.24) is 4.57 Å². The summed E-state index contributed by atoms with van der Waals surface area (Å²) in [5, 5.41) is 1.97. The molecule has 20 heavy (non-hydrogen) atoms. The van der Waals surface area contributed by atoms with Crippen molar-refractivity contribution in [3.8, 4) is 0 Å². The van der Waals surface area contributed by atoms with Crippen molar-refractivity contribution < 1.29 is 0 Å². The highest BCUT2D eigenvalue weighted by Crippen LogP contribution is 2.26. The lowest BCUT2D eigenvalue weighted by Crippen LogP contribution is -2.08. The summed E-state index contributed by atoms with van der Waals surface area (Å²) < 4.78 is 3.22. The van der Waals surface area contributed by atoms with E-state index in [1.807, 2.05) is 30.3 Å². The number of nitrogens with two attached hydrogens (primary N) is 1. The number of fused-ring (bicyclic) bond motifs is 1. The van der Waals surface area contributed by atoms with Gasteiger partial charge in [-0.05, 0) is 35.2 Å². The number of hydrogen-bond acceptors (Lipinski definition) is 1. The summed E-state index contributed by atoms with van der Waals surface area (Å²) in [5.41, 5.74) is 9.26. The van der Waals surface area contributed by atoms with E-state index in [1.54, 1.807) is 0 Å². The molecule has 0 bridgehead atoms. The molecular weight excluding hydrogens is 336 g/mol. The molecule has 0 aliphatic rings. The summed E-state index contributed by atoms with van der Waals surface area (Å²) in [6.45, 7) is 1.25. The van der Waals surface area contributed by atoms with Gasteiger partial charge in [0.2, 0.25) is 0 Å². The first-order chi connectivity index (χ1) is 9.69. The van der Waals surface area contributed by atoms with Crippen LogP contribution in [-0.4, -0.2) is 4.57 Å². The molecule has 4 heteroatoms. The monoisotopic (exact) mass is 348 g/mol. The van der Waals surface area contributed by atoms with Gasteiger partial charge in [-0.25, -0.2) is 0 Å². The zero-order chi connectivity index (χ0) is 14.1. The Kier molecular flexibility index (Phi) is 3.83. The van der Waals surface area contributed by atoms with Crippen LogP contribution in [0.25, 0.3) is 10.9 Å². The van der Waals surface area contributed by atoms with E-state index >= 15 is 0 Å². The molecule has 1 heterocycles. The normalized spacial score (nSPS) is 11.2. The molecule has 0 radical (unpaired) electrons. The van der Waals surface area contributed by atoms with Crippen LogP contribution in [0.1, 0.15) is 11.3 Å². The van der Waals surface area contributed by atoms with E-state index in [2.05, 4.69) is 38.7 Å². The van der Waals surface area contributed by atoms with Gasteiger partial charge in [0.25, 0.3) is 0 Å². The smallest absolute Gasteiger partial charge is 0.0494 e. The van der Waals surface area contributed by atoms with Gasteiger partial charge in [0.15, 0.2) is 0 Å². The quantitative estimate of drug-likeness (QED) is 0.738. The Labute approximate surface area is 131 Å².